The van der Waals surface area contributed by atoms with Gasteiger partial charge in [0.15, 0.2) is 5.17 Å². The molecule has 0 radical (unpaired) electrons. The molecule has 21 heavy (non-hydrogen) atoms. The van der Waals surface area contributed by atoms with Gasteiger partial charge in [-0.25, -0.2) is 4.99 Å². The topological polar surface area (TPSA) is 41.5 Å². The maximum Gasteiger partial charge on any atom is 0.239 e. The molecule has 1 atom stereocenters. The fourth-order valence-corrected chi connectivity index (χ4v) is 3.19. The van der Waals surface area contributed by atoms with Crippen molar-refractivity contribution in [1.82, 2.24) is 5.32 Å². The average Bonchev–Trinajstić information content (AvgIpc) is 2.82. The summed E-state index contributed by atoms with van der Waals surface area (Å²) >= 11 is 1.50. The SMILES string of the molecule is Cc1ccc(N=C2NC(=O)C(Cc3ccccc3)S2)cc1. The zero-order valence-corrected chi connectivity index (χ0v) is 12.6. The number of rotatable bonds is 3. The van der Waals surface area contributed by atoms with Gasteiger partial charge in [0.2, 0.25) is 5.91 Å². The molecule has 3 rings (SSSR count). The van der Waals surface area contributed by atoms with E-state index in [-0.39, 0.29) is 11.2 Å². The summed E-state index contributed by atoms with van der Waals surface area (Å²) < 4.78 is 0. The summed E-state index contributed by atoms with van der Waals surface area (Å²) in [6, 6.07) is 18.0. The number of carbonyl (C=O) groups excluding carboxylic acids is 1. The fraction of sp³-hybridized carbons (Fsp3) is 0.176. The fourth-order valence-electron chi connectivity index (χ4n) is 2.16. The van der Waals surface area contributed by atoms with E-state index in [0.717, 1.165) is 12.1 Å². The zero-order valence-electron chi connectivity index (χ0n) is 11.7. The second-order valence-corrected chi connectivity index (χ2v) is 6.23. The number of thioether (sulfide) groups is 1. The van der Waals surface area contributed by atoms with Gasteiger partial charge >= 0.3 is 0 Å². The first-order chi connectivity index (χ1) is 10.2. The minimum absolute atomic E-state index is 0.0368. The summed E-state index contributed by atoms with van der Waals surface area (Å²) in [5, 5.41) is 3.45. The molecular formula is C17H16N2OS. The highest BCUT2D eigenvalue weighted by atomic mass is 32.2. The summed E-state index contributed by atoms with van der Waals surface area (Å²) in [5.74, 6) is 0.0368. The number of amides is 1. The largest absolute Gasteiger partial charge is 0.304 e. The first kappa shape index (κ1) is 13.9. The Kier molecular flexibility index (Phi) is 4.06. The first-order valence-corrected chi connectivity index (χ1v) is 7.75. The van der Waals surface area contributed by atoms with E-state index in [1.165, 1.54) is 22.9 Å². The monoisotopic (exact) mass is 296 g/mol. The zero-order chi connectivity index (χ0) is 14.7. The van der Waals surface area contributed by atoms with Crippen molar-refractivity contribution in [3.8, 4) is 0 Å². The lowest BCUT2D eigenvalue weighted by Gasteiger charge is -2.04. The predicted molar refractivity (Wildman–Crippen MR) is 87.9 cm³/mol. The van der Waals surface area contributed by atoms with E-state index in [2.05, 4.69) is 10.3 Å². The Morgan fingerprint density at radius 2 is 1.81 bits per heavy atom. The predicted octanol–water partition coefficient (Wildman–Crippen LogP) is 3.46. The molecule has 3 nitrogen and oxygen atoms in total. The Morgan fingerprint density at radius 3 is 2.52 bits per heavy atom. The number of aliphatic imine (C=N–C) groups is 1. The van der Waals surface area contributed by atoms with Gasteiger partial charge in [-0.15, -0.1) is 0 Å². The van der Waals surface area contributed by atoms with E-state index < -0.39 is 0 Å². The normalized spacial score (nSPS) is 19.8. The van der Waals surface area contributed by atoms with Crippen LogP contribution in [0.25, 0.3) is 0 Å². The average molecular weight is 296 g/mol. The number of benzene rings is 2. The van der Waals surface area contributed by atoms with Gasteiger partial charge in [0.1, 0.15) is 0 Å². The number of nitrogens with one attached hydrogen (secondary N) is 1. The molecule has 1 aliphatic rings. The van der Waals surface area contributed by atoms with Gasteiger partial charge in [0, 0.05) is 0 Å². The van der Waals surface area contributed by atoms with Crippen LogP contribution in [0.1, 0.15) is 11.1 Å². The minimum Gasteiger partial charge on any atom is -0.304 e. The van der Waals surface area contributed by atoms with Crippen molar-refractivity contribution < 1.29 is 4.79 Å². The third kappa shape index (κ3) is 3.52. The van der Waals surface area contributed by atoms with E-state index in [9.17, 15) is 4.79 Å². The van der Waals surface area contributed by atoms with E-state index in [1.54, 1.807) is 0 Å². The first-order valence-electron chi connectivity index (χ1n) is 6.87. The van der Waals surface area contributed by atoms with Gasteiger partial charge in [-0.2, -0.15) is 0 Å². The van der Waals surface area contributed by atoms with E-state index in [1.807, 2.05) is 61.5 Å². The van der Waals surface area contributed by atoms with E-state index in [0.29, 0.717) is 5.17 Å². The Morgan fingerprint density at radius 1 is 1.10 bits per heavy atom. The quantitative estimate of drug-likeness (QED) is 0.942. The molecule has 0 aliphatic carbocycles. The standard InChI is InChI=1S/C17H16N2OS/c1-12-7-9-14(10-8-12)18-17-19-16(20)15(21-17)11-13-5-3-2-4-6-13/h2-10,15H,11H2,1H3,(H,18,19,20). The van der Waals surface area contributed by atoms with Crippen molar-refractivity contribution in [3.05, 3.63) is 65.7 Å². The van der Waals surface area contributed by atoms with Crippen LogP contribution in [0.5, 0.6) is 0 Å². The summed E-state index contributed by atoms with van der Waals surface area (Å²) in [6.07, 6.45) is 0.726. The van der Waals surface area contributed by atoms with Crippen LogP contribution in [-0.2, 0) is 11.2 Å². The van der Waals surface area contributed by atoms with Crippen LogP contribution >= 0.6 is 11.8 Å². The van der Waals surface area contributed by atoms with Crippen molar-refractivity contribution in [2.45, 2.75) is 18.6 Å². The van der Waals surface area contributed by atoms with Crippen LogP contribution in [0.2, 0.25) is 0 Å². The molecule has 1 saturated heterocycles. The van der Waals surface area contributed by atoms with Gasteiger partial charge in [-0.05, 0) is 31.0 Å². The maximum absolute atomic E-state index is 12.0. The second-order valence-electron chi connectivity index (χ2n) is 5.04. The van der Waals surface area contributed by atoms with Crippen LogP contribution in [0.15, 0.2) is 59.6 Å². The Bertz CT molecular complexity index is 665. The van der Waals surface area contributed by atoms with Gasteiger partial charge in [0.05, 0.1) is 10.9 Å². The highest BCUT2D eigenvalue weighted by Crippen LogP contribution is 2.25. The molecule has 1 aliphatic heterocycles. The van der Waals surface area contributed by atoms with Gasteiger partial charge in [-0.1, -0.05) is 59.8 Å². The molecule has 1 fully saturated rings. The molecular weight excluding hydrogens is 280 g/mol. The van der Waals surface area contributed by atoms with Crippen molar-refractivity contribution >= 4 is 28.5 Å². The molecule has 0 saturated carbocycles. The third-order valence-corrected chi connectivity index (χ3v) is 4.39. The molecule has 1 amide bonds. The number of aryl methyl sites for hydroxylation is 1. The van der Waals surface area contributed by atoms with Crippen molar-refractivity contribution in [2.75, 3.05) is 0 Å². The smallest absolute Gasteiger partial charge is 0.239 e. The number of hydrogen-bond donors (Lipinski definition) is 1. The van der Waals surface area contributed by atoms with Crippen LogP contribution in [-0.4, -0.2) is 16.3 Å². The summed E-state index contributed by atoms with van der Waals surface area (Å²) in [6.45, 7) is 2.04. The van der Waals surface area contributed by atoms with Crippen LogP contribution in [0, 0.1) is 6.92 Å². The van der Waals surface area contributed by atoms with Crippen molar-refractivity contribution in [2.24, 2.45) is 4.99 Å². The molecule has 1 unspecified atom stereocenters. The van der Waals surface area contributed by atoms with Crippen molar-refractivity contribution in [3.63, 3.8) is 0 Å². The Labute approximate surface area is 128 Å². The highest BCUT2D eigenvalue weighted by molar-refractivity contribution is 8.15. The number of nitrogens with zero attached hydrogens (tertiary/aromatic N) is 1. The highest BCUT2D eigenvalue weighted by Gasteiger charge is 2.30. The lowest BCUT2D eigenvalue weighted by molar-refractivity contribution is -0.118. The summed E-state index contributed by atoms with van der Waals surface area (Å²) in [7, 11) is 0. The molecule has 4 heteroatoms. The summed E-state index contributed by atoms with van der Waals surface area (Å²) in [4.78, 5) is 16.5. The molecule has 2 aromatic rings. The van der Waals surface area contributed by atoms with Crippen LogP contribution < -0.4 is 5.32 Å². The molecule has 1 heterocycles. The number of carbonyl (C=O) groups is 1. The third-order valence-electron chi connectivity index (χ3n) is 3.30. The van der Waals surface area contributed by atoms with Gasteiger partial charge in [0.25, 0.3) is 0 Å². The molecule has 0 spiro atoms. The molecule has 1 N–H and O–H groups in total. The van der Waals surface area contributed by atoms with Crippen molar-refractivity contribution in [1.29, 1.82) is 0 Å². The molecule has 0 bridgehead atoms. The maximum atomic E-state index is 12.0. The van der Waals surface area contributed by atoms with E-state index in [4.69, 9.17) is 0 Å². The second kappa shape index (κ2) is 6.14. The minimum atomic E-state index is -0.100. The molecule has 106 valence electrons. The Hall–Kier alpha value is -2.07. The molecule has 2 aromatic carbocycles. The number of amidine groups is 1. The Balaban J connectivity index is 1.71. The van der Waals surface area contributed by atoms with Gasteiger partial charge < -0.3 is 5.32 Å². The lowest BCUT2D eigenvalue weighted by atomic mass is 10.1. The van der Waals surface area contributed by atoms with Crippen LogP contribution in [0.4, 0.5) is 5.69 Å². The van der Waals surface area contributed by atoms with Crippen LogP contribution in [0.3, 0.4) is 0 Å². The summed E-state index contributed by atoms with van der Waals surface area (Å²) in [5.41, 5.74) is 3.23. The van der Waals surface area contributed by atoms with Gasteiger partial charge in [-0.3, -0.25) is 4.79 Å². The van der Waals surface area contributed by atoms with E-state index >= 15 is 0 Å². The molecule has 0 aromatic heterocycles. The lowest BCUT2D eigenvalue weighted by Crippen LogP contribution is -2.25. The number of hydrogen-bond acceptors (Lipinski definition) is 3.